The Labute approximate surface area is 212 Å². The summed E-state index contributed by atoms with van der Waals surface area (Å²) >= 11 is 0. The van der Waals surface area contributed by atoms with Gasteiger partial charge in [-0.1, -0.05) is 115 Å². The molecule has 0 aliphatic rings. The highest BCUT2D eigenvalue weighted by Gasteiger charge is 2.20. The van der Waals surface area contributed by atoms with Crippen LogP contribution < -0.4 is 4.74 Å². The number of unbranched alkanes of at least 4 members (excludes halogenated alkanes) is 12. The Morgan fingerprint density at radius 3 is 1.74 bits per heavy atom. The van der Waals surface area contributed by atoms with Crippen molar-refractivity contribution in [2.45, 2.75) is 117 Å². The first-order valence-electron chi connectivity index (χ1n) is 13.9. The van der Waals surface area contributed by atoms with Gasteiger partial charge in [0.1, 0.15) is 11.3 Å². The van der Waals surface area contributed by atoms with Gasteiger partial charge in [-0.2, -0.15) is 0 Å². The SMILES string of the molecule is CCCCCCCCCc1ccccc1OC(=O)c1ccc(CCCCCCCCC)c(O)c1O. The molecule has 0 aliphatic carbocycles. The second kappa shape index (κ2) is 17.0. The zero-order valence-electron chi connectivity index (χ0n) is 22.0. The summed E-state index contributed by atoms with van der Waals surface area (Å²) in [6.45, 7) is 4.44. The Morgan fingerprint density at radius 1 is 0.629 bits per heavy atom. The second-order valence-corrected chi connectivity index (χ2v) is 9.71. The third-order valence-electron chi connectivity index (χ3n) is 6.73. The number of benzene rings is 2. The van der Waals surface area contributed by atoms with Crippen molar-refractivity contribution < 1.29 is 19.7 Å². The van der Waals surface area contributed by atoms with Gasteiger partial charge in [-0.25, -0.2) is 4.79 Å². The Bertz CT molecular complexity index is 874. The number of aromatic hydroxyl groups is 2. The van der Waals surface area contributed by atoms with Crippen LogP contribution in [0.3, 0.4) is 0 Å². The summed E-state index contributed by atoms with van der Waals surface area (Å²) in [7, 11) is 0. The number of para-hydroxylation sites is 1. The van der Waals surface area contributed by atoms with Gasteiger partial charge in [0, 0.05) is 0 Å². The van der Waals surface area contributed by atoms with Gasteiger partial charge in [-0.3, -0.25) is 0 Å². The van der Waals surface area contributed by atoms with E-state index in [1.165, 1.54) is 70.6 Å². The monoisotopic (exact) mass is 482 g/mol. The zero-order valence-corrected chi connectivity index (χ0v) is 22.0. The van der Waals surface area contributed by atoms with E-state index in [1.54, 1.807) is 18.2 Å². The van der Waals surface area contributed by atoms with Crippen LogP contribution in [-0.4, -0.2) is 16.2 Å². The smallest absolute Gasteiger partial charge is 0.347 e. The second-order valence-electron chi connectivity index (χ2n) is 9.71. The molecule has 4 nitrogen and oxygen atoms in total. The largest absolute Gasteiger partial charge is 0.504 e. The first kappa shape index (κ1) is 28.7. The highest BCUT2D eigenvalue weighted by atomic mass is 16.5. The van der Waals surface area contributed by atoms with E-state index in [1.807, 2.05) is 18.2 Å². The van der Waals surface area contributed by atoms with E-state index in [0.29, 0.717) is 17.7 Å². The number of esters is 1. The van der Waals surface area contributed by atoms with Gasteiger partial charge in [0.25, 0.3) is 0 Å². The Balaban J connectivity index is 1.88. The number of carbonyl (C=O) groups excluding carboxylic acids is 1. The topological polar surface area (TPSA) is 66.8 Å². The summed E-state index contributed by atoms with van der Waals surface area (Å²) in [6.07, 6.45) is 18.4. The summed E-state index contributed by atoms with van der Waals surface area (Å²) in [5.74, 6) is -0.719. The van der Waals surface area contributed by atoms with Gasteiger partial charge in [0.05, 0.1) is 0 Å². The predicted octanol–water partition coefficient (Wildman–Crippen LogP) is 8.90. The van der Waals surface area contributed by atoms with Crippen LogP contribution >= 0.6 is 0 Å². The molecule has 0 heterocycles. The van der Waals surface area contributed by atoms with Crippen molar-refractivity contribution in [3.63, 3.8) is 0 Å². The first-order valence-corrected chi connectivity index (χ1v) is 13.9. The molecule has 0 aliphatic heterocycles. The van der Waals surface area contributed by atoms with Crippen LogP contribution in [0.5, 0.6) is 17.2 Å². The van der Waals surface area contributed by atoms with E-state index in [2.05, 4.69) is 13.8 Å². The number of phenolic OH excluding ortho intramolecular Hbond substituents is 2. The summed E-state index contributed by atoms with van der Waals surface area (Å²) in [6, 6.07) is 10.9. The molecule has 2 N–H and O–H groups in total. The molecule has 35 heavy (non-hydrogen) atoms. The Hall–Kier alpha value is -2.49. The van der Waals surface area contributed by atoms with E-state index in [0.717, 1.165) is 31.2 Å². The van der Waals surface area contributed by atoms with Gasteiger partial charge in [-0.05, 0) is 48.9 Å². The quantitative estimate of drug-likeness (QED) is 0.0963. The fourth-order valence-electron chi connectivity index (χ4n) is 4.50. The maximum atomic E-state index is 12.8. The van der Waals surface area contributed by atoms with Crippen molar-refractivity contribution >= 4 is 5.97 Å². The van der Waals surface area contributed by atoms with Crippen LogP contribution in [0.1, 0.15) is 125 Å². The molecule has 0 unspecified atom stereocenters. The molecular weight excluding hydrogens is 436 g/mol. The van der Waals surface area contributed by atoms with Crippen molar-refractivity contribution in [3.05, 3.63) is 53.1 Å². The fraction of sp³-hybridized carbons (Fsp3) is 0.581. The number of carbonyl (C=O) groups is 1. The van der Waals surface area contributed by atoms with Crippen LogP contribution in [0.25, 0.3) is 0 Å². The zero-order chi connectivity index (χ0) is 25.3. The maximum Gasteiger partial charge on any atom is 0.347 e. The molecule has 2 aromatic rings. The third kappa shape index (κ3) is 10.3. The molecular formula is C31H46O4. The van der Waals surface area contributed by atoms with Gasteiger partial charge in [0.2, 0.25) is 0 Å². The Morgan fingerprint density at radius 2 is 1.14 bits per heavy atom. The van der Waals surface area contributed by atoms with Gasteiger partial charge >= 0.3 is 5.97 Å². The molecule has 194 valence electrons. The average Bonchev–Trinajstić information content (AvgIpc) is 2.86. The van der Waals surface area contributed by atoms with Gasteiger partial charge in [0.15, 0.2) is 11.5 Å². The maximum absolute atomic E-state index is 12.8. The summed E-state index contributed by atoms with van der Waals surface area (Å²) in [5, 5.41) is 21.0. The van der Waals surface area contributed by atoms with E-state index < -0.39 is 5.97 Å². The summed E-state index contributed by atoms with van der Waals surface area (Å²) in [5.41, 5.74) is 1.66. The molecule has 0 saturated heterocycles. The molecule has 2 aromatic carbocycles. The standard InChI is InChI=1S/C31H46O4/c1-3-5-7-9-11-13-15-19-25-20-17-18-22-28(25)35-31(34)27-24-23-26(29(32)30(27)33)21-16-14-12-10-8-6-4-2/h17-18,20,22-24,32-33H,3-16,19,21H2,1-2H3. The van der Waals surface area contributed by atoms with Gasteiger partial charge in [-0.15, -0.1) is 0 Å². The average molecular weight is 483 g/mol. The third-order valence-corrected chi connectivity index (χ3v) is 6.73. The molecule has 0 spiro atoms. The lowest BCUT2D eigenvalue weighted by molar-refractivity contribution is 0.0729. The minimum Gasteiger partial charge on any atom is -0.504 e. The van der Waals surface area contributed by atoms with E-state index in [4.69, 9.17) is 4.74 Å². The van der Waals surface area contributed by atoms with E-state index in [9.17, 15) is 15.0 Å². The minimum atomic E-state index is -0.646. The molecule has 0 bridgehead atoms. The Kier molecular flexibility index (Phi) is 14.0. The lowest BCUT2D eigenvalue weighted by atomic mass is 10.0. The molecule has 0 atom stereocenters. The first-order chi connectivity index (χ1) is 17.1. The summed E-state index contributed by atoms with van der Waals surface area (Å²) in [4.78, 5) is 12.8. The van der Waals surface area contributed by atoms with Crippen molar-refractivity contribution in [3.8, 4) is 17.2 Å². The van der Waals surface area contributed by atoms with Crippen LogP contribution in [0.4, 0.5) is 0 Å². The summed E-state index contributed by atoms with van der Waals surface area (Å²) < 4.78 is 5.65. The van der Waals surface area contributed by atoms with Crippen molar-refractivity contribution in [2.75, 3.05) is 0 Å². The van der Waals surface area contributed by atoms with E-state index in [-0.39, 0.29) is 17.1 Å². The molecule has 0 aromatic heterocycles. The van der Waals surface area contributed by atoms with Crippen LogP contribution in [0.2, 0.25) is 0 Å². The minimum absolute atomic E-state index is 0.00320. The number of hydrogen-bond acceptors (Lipinski definition) is 4. The molecule has 0 radical (unpaired) electrons. The molecule has 2 rings (SSSR count). The number of hydrogen-bond donors (Lipinski definition) is 2. The molecule has 0 amide bonds. The lowest BCUT2D eigenvalue weighted by Crippen LogP contribution is -2.10. The van der Waals surface area contributed by atoms with Crippen LogP contribution in [-0.2, 0) is 12.8 Å². The number of phenols is 2. The number of aryl methyl sites for hydroxylation is 2. The molecule has 0 saturated carbocycles. The van der Waals surface area contributed by atoms with E-state index >= 15 is 0 Å². The van der Waals surface area contributed by atoms with Crippen molar-refractivity contribution in [1.82, 2.24) is 0 Å². The number of ether oxygens (including phenoxy) is 1. The molecule has 4 heteroatoms. The van der Waals surface area contributed by atoms with Crippen molar-refractivity contribution in [2.24, 2.45) is 0 Å². The van der Waals surface area contributed by atoms with Gasteiger partial charge < -0.3 is 14.9 Å². The highest BCUT2D eigenvalue weighted by molar-refractivity contribution is 5.95. The van der Waals surface area contributed by atoms with Crippen molar-refractivity contribution in [1.29, 1.82) is 0 Å². The fourth-order valence-corrected chi connectivity index (χ4v) is 4.50. The highest BCUT2D eigenvalue weighted by Crippen LogP contribution is 2.34. The predicted molar refractivity (Wildman–Crippen MR) is 145 cm³/mol. The number of rotatable bonds is 18. The normalized spacial score (nSPS) is 11.0. The van der Waals surface area contributed by atoms with Crippen LogP contribution in [0, 0.1) is 0 Å². The van der Waals surface area contributed by atoms with Crippen LogP contribution in [0.15, 0.2) is 36.4 Å². The lowest BCUT2D eigenvalue weighted by Gasteiger charge is -2.13. The molecule has 0 fully saturated rings.